The van der Waals surface area contributed by atoms with Crippen molar-refractivity contribution in [1.82, 2.24) is 9.80 Å². The fraction of sp³-hybridized carbons (Fsp3) is 0.417. The standard InChI is InChI=1S/C24H27FN2O3/c1-17(2)27-15-21(19-8-4-3-5-9-19)24(23(27)29)16-26(11-12-30-24)22(28)14-18-7-6-10-20(25)13-18/h3-10,13,17,21H,11-12,14-16H2,1-2H3/t21-,24+/m0/s1. The molecule has 2 aromatic rings. The zero-order valence-electron chi connectivity index (χ0n) is 17.4. The molecule has 0 N–H and O–H groups in total. The van der Waals surface area contributed by atoms with Gasteiger partial charge in [-0.25, -0.2) is 4.39 Å². The van der Waals surface area contributed by atoms with Gasteiger partial charge in [0.15, 0.2) is 5.60 Å². The first-order chi connectivity index (χ1) is 14.4. The van der Waals surface area contributed by atoms with Crippen LogP contribution >= 0.6 is 0 Å². The lowest BCUT2D eigenvalue weighted by Crippen LogP contribution is -2.60. The van der Waals surface area contributed by atoms with Gasteiger partial charge in [0.05, 0.1) is 19.6 Å². The number of ether oxygens (including phenoxy) is 1. The van der Waals surface area contributed by atoms with Crippen molar-refractivity contribution >= 4 is 11.8 Å². The SMILES string of the molecule is CC(C)N1C[C@@H](c2ccccc2)[C@]2(CN(C(=O)Cc3cccc(F)c3)CCO2)C1=O. The number of hydrogen-bond acceptors (Lipinski definition) is 3. The highest BCUT2D eigenvalue weighted by atomic mass is 19.1. The lowest BCUT2D eigenvalue weighted by atomic mass is 9.83. The van der Waals surface area contributed by atoms with Gasteiger partial charge in [-0.15, -0.1) is 0 Å². The van der Waals surface area contributed by atoms with Crippen molar-refractivity contribution in [2.24, 2.45) is 0 Å². The Kier molecular flexibility index (Phi) is 5.60. The molecule has 2 saturated heterocycles. The smallest absolute Gasteiger partial charge is 0.257 e. The summed E-state index contributed by atoms with van der Waals surface area (Å²) in [4.78, 5) is 30.0. The largest absolute Gasteiger partial charge is 0.361 e. The number of halogens is 1. The number of morpholine rings is 1. The van der Waals surface area contributed by atoms with Crippen LogP contribution in [0.4, 0.5) is 4.39 Å². The summed E-state index contributed by atoms with van der Waals surface area (Å²) in [7, 11) is 0. The van der Waals surface area contributed by atoms with Gasteiger partial charge in [0, 0.05) is 25.0 Å². The van der Waals surface area contributed by atoms with E-state index in [1.165, 1.54) is 12.1 Å². The number of amides is 2. The van der Waals surface area contributed by atoms with E-state index in [0.29, 0.717) is 25.3 Å². The van der Waals surface area contributed by atoms with Gasteiger partial charge in [-0.2, -0.15) is 0 Å². The number of hydrogen-bond donors (Lipinski definition) is 0. The second-order valence-electron chi connectivity index (χ2n) is 8.37. The second kappa shape index (κ2) is 8.19. The van der Waals surface area contributed by atoms with E-state index < -0.39 is 5.60 Å². The molecule has 2 heterocycles. The molecule has 0 radical (unpaired) electrons. The van der Waals surface area contributed by atoms with Gasteiger partial charge in [-0.1, -0.05) is 42.5 Å². The average Bonchev–Trinajstić information content (AvgIpc) is 3.01. The van der Waals surface area contributed by atoms with E-state index in [9.17, 15) is 14.0 Å². The second-order valence-corrected chi connectivity index (χ2v) is 8.37. The fourth-order valence-electron chi connectivity index (χ4n) is 4.56. The summed E-state index contributed by atoms with van der Waals surface area (Å²) < 4.78 is 19.7. The summed E-state index contributed by atoms with van der Waals surface area (Å²) >= 11 is 0. The molecule has 0 aromatic heterocycles. The minimum atomic E-state index is -1.08. The van der Waals surface area contributed by atoms with Crippen molar-refractivity contribution in [2.45, 2.75) is 37.8 Å². The van der Waals surface area contributed by atoms with E-state index >= 15 is 0 Å². The lowest BCUT2D eigenvalue weighted by Gasteiger charge is -2.42. The molecular formula is C24H27FN2O3. The molecule has 30 heavy (non-hydrogen) atoms. The van der Waals surface area contributed by atoms with Crippen molar-refractivity contribution < 1.29 is 18.7 Å². The van der Waals surface area contributed by atoms with Crippen LogP contribution < -0.4 is 0 Å². The molecule has 0 bridgehead atoms. The number of benzene rings is 2. The molecule has 0 unspecified atom stereocenters. The molecule has 6 heteroatoms. The van der Waals surface area contributed by atoms with Crippen molar-refractivity contribution in [3.8, 4) is 0 Å². The van der Waals surface area contributed by atoms with Crippen LogP contribution in [0.25, 0.3) is 0 Å². The number of carbonyl (C=O) groups excluding carboxylic acids is 2. The van der Waals surface area contributed by atoms with Crippen molar-refractivity contribution in [1.29, 1.82) is 0 Å². The quantitative estimate of drug-likeness (QED) is 0.779. The highest BCUT2D eigenvalue weighted by Gasteiger charge is 2.58. The van der Waals surface area contributed by atoms with Gasteiger partial charge in [0.1, 0.15) is 5.82 Å². The summed E-state index contributed by atoms with van der Waals surface area (Å²) in [5.74, 6) is -0.694. The van der Waals surface area contributed by atoms with E-state index in [4.69, 9.17) is 4.74 Å². The average molecular weight is 410 g/mol. The van der Waals surface area contributed by atoms with Gasteiger partial charge in [0.2, 0.25) is 5.91 Å². The molecule has 0 aliphatic carbocycles. The normalized spacial score (nSPS) is 24.1. The van der Waals surface area contributed by atoms with Gasteiger partial charge in [-0.3, -0.25) is 9.59 Å². The van der Waals surface area contributed by atoms with Crippen LogP contribution in [0.3, 0.4) is 0 Å². The zero-order valence-corrected chi connectivity index (χ0v) is 17.4. The van der Waals surface area contributed by atoms with Crippen molar-refractivity contribution in [3.63, 3.8) is 0 Å². The maximum absolute atomic E-state index is 13.5. The Morgan fingerprint density at radius 3 is 2.67 bits per heavy atom. The summed E-state index contributed by atoms with van der Waals surface area (Å²) in [5, 5.41) is 0. The molecule has 4 rings (SSSR count). The third kappa shape index (κ3) is 3.72. The van der Waals surface area contributed by atoms with E-state index in [1.54, 1.807) is 17.0 Å². The van der Waals surface area contributed by atoms with Gasteiger partial charge in [0.25, 0.3) is 5.91 Å². The van der Waals surface area contributed by atoms with Crippen LogP contribution in [-0.2, 0) is 20.7 Å². The van der Waals surface area contributed by atoms with E-state index in [2.05, 4.69) is 0 Å². The molecule has 1 spiro atoms. The molecule has 2 amide bonds. The first kappa shape index (κ1) is 20.5. The molecule has 0 saturated carbocycles. The minimum Gasteiger partial charge on any atom is -0.361 e. The summed E-state index contributed by atoms with van der Waals surface area (Å²) in [6, 6.07) is 16.0. The molecular weight excluding hydrogens is 383 g/mol. The maximum atomic E-state index is 13.5. The van der Waals surface area contributed by atoms with Crippen molar-refractivity contribution in [2.75, 3.05) is 26.2 Å². The van der Waals surface area contributed by atoms with Crippen LogP contribution in [0.2, 0.25) is 0 Å². The highest BCUT2D eigenvalue weighted by molar-refractivity contribution is 5.91. The number of nitrogens with zero attached hydrogens (tertiary/aromatic N) is 2. The maximum Gasteiger partial charge on any atom is 0.257 e. The van der Waals surface area contributed by atoms with Crippen LogP contribution in [0.5, 0.6) is 0 Å². The number of likely N-dealkylation sites (tertiary alicyclic amines) is 1. The van der Waals surface area contributed by atoms with Crippen LogP contribution in [0.1, 0.15) is 30.9 Å². The summed E-state index contributed by atoms with van der Waals surface area (Å²) in [5.41, 5.74) is 0.580. The number of rotatable bonds is 4. The molecule has 2 aliphatic rings. The monoisotopic (exact) mass is 410 g/mol. The Morgan fingerprint density at radius 2 is 1.97 bits per heavy atom. The van der Waals surface area contributed by atoms with E-state index in [0.717, 1.165) is 5.56 Å². The zero-order chi connectivity index (χ0) is 21.3. The predicted octanol–water partition coefficient (Wildman–Crippen LogP) is 3.00. The molecule has 2 atom stereocenters. The third-order valence-electron chi connectivity index (χ3n) is 6.13. The molecule has 158 valence electrons. The first-order valence-electron chi connectivity index (χ1n) is 10.4. The third-order valence-corrected chi connectivity index (χ3v) is 6.13. The van der Waals surface area contributed by atoms with Crippen LogP contribution in [0.15, 0.2) is 54.6 Å². The topological polar surface area (TPSA) is 49.9 Å². The van der Waals surface area contributed by atoms with Crippen LogP contribution in [-0.4, -0.2) is 59.5 Å². The Balaban J connectivity index is 1.61. The summed E-state index contributed by atoms with van der Waals surface area (Å²) in [6.45, 7) is 5.49. The van der Waals surface area contributed by atoms with E-state index in [1.807, 2.05) is 49.1 Å². The molecule has 5 nitrogen and oxygen atoms in total. The van der Waals surface area contributed by atoms with E-state index in [-0.39, 0.29) is 42.6 Å². The Labute approximate surface area is 176 Å². The van der Waals surface area contributed by atoms with Crippen LogP contribution in [0, 0.1) is 5.82 Å². The Morgan fingerprint density at radius 1 is 1.20 bits per heavy atom. The highest BCUT2D eigenvalue weighted by Crippen LogP contribution is 2.42. The van der Waals surface area contributed by atoms with Gasteiger partial charge in [-0.05, 0) is 37.1 Å². The Bertz CT molecular complexity index is 933. The van der Waals surface area contributed by atoms with Crippen molar-refractivity contribution in [3.05, 3.63) is 71.5 Å². The summed E-state index contributed by atoms with van der Waals surface area (Å²) in [6.07, 6.45) is 0.103. The Hall–Kier alpha value is -2.73. The molecule has 2 fully saturated rings. The molecule has 2 aliphatic heterocycles. The minimum absolute atomic E-state index is 0.0464. The predicted molar refractivity (Wildman–Crippen MR) is 111 cm³/mol. The van der Waals surface area contributed by atoms with Gasteiger partial charge >= 0.3 is 0 Å². The molecule has 2 aromatic carbocycles. The van der Waals surface area contributed by atoms with Gasteiger partial charge < -0.3 is 14.5 Å². The number of carbonyl (C=O) groups is 2. The fourth-order valence-corrected chi connectivity index (χ4v) is 4.56. The lowest BCUT2D eigenvalue weighted by molar-refractivity contribution is -0.168. The first-order valence-corrected chi connectivity index (χ1v) is 10.4.